The van der Waals surface area contributed by atoms with Gasteiger partial charge in [-0.05, 0) is 12.5 Å². The fourth-order valence-corrected chi connectivity index (χ4v) is 3.30. The Balaban J connectivity index is 1.92. The van der Waals surface area contributed by atoms with Crippen molar-refractivity contribution in [1.29, 1.82) is 0 Å². The van der Waals surface area contributed by atoms with E-state index >= 15 is 0 Å². The SMILES string of the molecule is Cc1cccc(CN2CCS(O)(O)CC2)c1. The monoisotopic (exact) mass is 241 g/mol. The minimum Gasteiger partial charge on any atom is -0.299 e. The van der Waals surface area contributed by atoms with Crippen LogP contribution in [0.15, 0.2) is 24.3 Å². The molecule has 0 saturated carbocycles. The van der Waals surface area contributed by atoms with Gasteiger partial charge in [0.2, 0.25) is 0 Å². The smallest absolute Gasteiger partial charge is 0.0502 e. The van der Waals surface area contributed by atoms with Gasteiger partial charge < -0.3 is 0 Å². The Hall–Kier alpha value is -0.550. The van der Waals surface area contributed by atoms with Crippen molar-refractivity contribution >= 4 is 10.6 Å². The highest BCUT2D eigenvalue weighted by atomic mass is 32.3. The van der Waals surface area contributed by atoms with Crippen LogP contribution in [0.5, 0.6) is 0 Å². The fourth-order valence-electron chi connectivity index (χ4n) is 1.99. The van der Waals surface area contributed by atoms with Crippen LogP contribution in [0.4, 0.5) is 0 Å². The highest BCUT2D eigenvalue weighted by Crippen LogP contribution is 2.40. The second-order valence-electron chi connectivity index (χ2n) is 4.48. The van der Waals surface area contributed by atoms with Gasteiger partial charge in [0.25, 0.3) is 0 Å². The van der Waals surface area contributed by atoms with Gasteiger partial charge in [0.1, 0.15) is 0 Å². The summed E-state index contributed by atoms with van der Waals surface area (Å²) < 4.78 is 19.0. The first kappa shape index (κ1) is 11.9. The topological polar surface area (TPSA) is 43.7 Å². The molecule has 0 amide bonds. The van der Waals surface area contributed by atoms with E-state index in [-0.39, 0.29) is 0 Å². The molecule has 2 N–H and O–H groups in total. The van der Waals surface area contributed by atoms with Crippen molar-refractivity contribution in [1.82, 2.24) is 4.90 Å². The summed E-state index contributed by atoms with van der Waals surface area (Å²) in [6.45, 7) is 4.58. The van der Waals surface area contributed by atoms with Gasteiger partial charge in [-0.3, -0.25) is 14.0 Å². The minimum absolute atomic E-state index is 0.527. The van der Waals surface area contributed by atoms with Crippen molar-refractivity contribution in [2.24, 2.45) is 0 Å². The van der Waals surface area contributed by atoms with E-state index in [1.54, 1.807) is 0 Å². The number of benzene rings is 1. The van der Waals surface area contributed by atoms with Crippen LogP contribution < -0.4 is 0 Å². The normalized spacial score (nSPS) is 22.9. The molecule has 3 nitrogen and oxygen atoms in total. The zero-order chi connectivity index (χ0) is 11.6. The molecule has 0 radical (unpaired) electrons. The van der Waals surface area contributed by atoms with Crippen molar-refractivity contribution in [3.05, 3.63) is 35.4 Å². The summed E-state index contributed by atoms with van der Waals surface area (Å²) in [5.41, 5.74) is 2.58. The molecule has 2 rings (SSSR count). The van der Waals surface area contributed by atoms with Crippen LogP contribution in [-0.2, 0) is 6.54 Å². The Labute approximate surface area is 98.4 Å². The molecule has 0 bridgehead atoms. The van der Waals surface area contributed by atoms with Crippen LogP contribution in [0.25, 0.3) is 0 Å². The number of aryl methyl sites for hydroxylation is 1. The van der Waals surface area contributed by atoms with Crippen LogP contribution in [0.2, 0.25) is 0 Å². The van der Waals surface area contributed by atoms with Crippen LogP contribution in [0, 0.1) is 6.92 Å². The summed E-state index contributed by atoms with van der Waals surface area (Å²) >= 11 is 0. The van der Waals surface area contributed by atoms with Crippen LogP contribution in [0.3, 0.4) is 0 Å². The van der Waals surface area contributed by atoms with Crippen LogP contribution in [-0.4, -0.2) is 38.6 Å². The Bertz CT molecular complexity index is 358. The molecule has 1 aromatic rings. The number of nitrogens with zero attached hydrogens (tertiary/aromatic N) is 1. The molecule has 1 saturated heterocycles. The molecule has 0 atom stereocenters. The molecule has 0 aliphatic carbocycles. The van der Waals surface area contributed by atoms with Gasteiger partial charge >= 0.3 is 0 Å². The second kappa shape index (κ2) is 4.75. The van der Waals surface area contributed by atoms with Crippen molar-refractivity contribution in [3.8, 4) is 0 Å². The maximum absolute atomic E-state index is 9.51. The Morgan fingerprint density at radius 1 is 1.25 bits per heavy atom. The molecular weight excluding hydrogens is 222 g/mol. The minimum atomic E-state index is -2.26. The van der Waals surface area contributed by atoms with Crippen LogP contribution in [0.1, 0.15) is 11.1 Å². The summed E-state index contributed by atoms with van der Waals surface area (Å²) in [6.07, 6.45) is 0. The largest absolute Gasteiger partial charge is 0.299 e. The lowest BCUT2D eigenvalue weighted by Gasteiger charge is -2.41. The summed E-state index contributed by atoms with van der Waals surface area (Å²) in [7, 11) is -2.26. The molecule has 1 aliphatic heterocycles. The predicted molar refractivity (Wildman–Crippen MR) is 69.0 cm³/mol. The Kier molecular flexibility index (Phi) is 3.54. The maximum Gasteiger partial charge on any atom is 0.0502 e. The van der Waals surface area contributed by atoms with E-state index in [2.05, 4.69) is 36.1 Å². The molecule has 1 fully saturated rings. The van der Waals surface area contributed by atoms with Gasteiger partial charge in [0, 0.05) is 19.6 Å². The number of hydrogen-bond acceptors (Lipinski definition) is 3. The third-order valence-electron chi connectivity index (χ3n) is 2.96. The molecular formula is C12H19NO2S. The summed E-state index contributed by atoms with van der Waals surface area (Å²) in [4.78, 5) is 2.28. The zero-order valence-corrected chi connectivity index (χ0v) is 10.4. The third kappa shape index (κ3) is 3.22. The van der Waals surface area contributed by atoms with E-state index in [0.717, 1.165) is 19.6 Å². The molecule has 0 spiro atoms. The lowest BCUT2D eigenvalue weighted by molar-refractivity contribution is 0.278. The molecule has 4 heteroatoms. The zero-order valence-electron chi connectivity index (χ0n) is 9.59. The molecule has 16 heavy (non-hydrogen) atoms. The van der Waals surface area contributed by atoms with Gasteiger partial charge in [-0.15, -0.1) is 0 Å². The first-order valence-corrected chi connectivity index (χ1v) is 7.45. The highest BCUT2D eigenvalue weighted by Gasteiger charge is 2.21. The molecule has 1 heterocycles. The van der Waals surface area contributed by atoms with E-state index in [0.29, 0.717) is 11.5 Å². The van der Waals surface area contributed by atoms with Crippen LogP contribution >= 0.6 is 10.6 Å². The molecule has 0 unspecified atom stereocenters. The maximum atomic E-state index is 9.51. The van der Waals surface area contributed by atoms with E-state index < -0.39 is 10.6 Å². The quantitative estimate of drug-likeness (QED) is 0.836. The van der Waals surface area contributed by atoms with E-state index in [4.69, 9.17) is 0 Å². The average molecular weight is 241 g/mol. The Morgan fingerprint density at radius 3 is 2.56 bits per heavy atom. The highest BCUT2D eigenvalue weighted by molar-refractivity contribution is 8.24. The second-order valence-corrected chi connectivity index (χ2v) is 6.90. The van der Waals surface area contributed by atoms with E-state index in [9.17, 15) is 9.11 Å². The summed E-state index contributed by atoms with van der Waals surface area (Å²) in [5, 5.41) is 0. The lowest BCUT2D eigenvalue weighted by Crippen LogP contribution is -2.37. The van der Waals surface area contributed by atoms with Crippen molar-refractivity contribution < 1.29 is 9.11 Å². The molecule has 1 aromatic carbocycles. The first-order chi connectivity index (χ1) is 7.55. The van der Waals surface area contributed by atoms with Crippen molar-refractivity contribution in [2.45, 2.75) is 13.5 Å². The van der Waals surface area contributed by atoms with Gasteiger partial charge in [0.05, 0.1) is 11.5 Å². The van der Waals surface area contributed by atoms with E-state index in [1.807, 2.05) is 0 Å². The van der Waals surface area contributed by atoms with Gasteiger partial charge in [-0.2, -0.15) is 10.6 Å². The molecule has 1 aliphatic rings. The summed E-state index contributed by atoms with van der Waals surface area (Å²) in [6, 6.07) is 8.48. The Morgan fingerprint density at radius 2 is 1.94 bits per heavy atom. The fraction of sp³-hybridized carbons (Fsp3) is 0.500. The molecule has 0 aromatic heterocycles. The van der Waals surface area contributed by atoms with Crippen molar-refractivity contribution in [3.63, 3.8) is 0 Å². The average Bonchev–Trinajstić information content (AvgIpc) is 2.21. The van der Waals surface area contributed by atoms with Crippen molar-refractivity contribution in [2.75, 3.05) is 24.6 Å². The van der Waals surface area contributed by atoms with E-state index in [1.165, 1.54) is 11.1 Å². The third-order valence-corrected chi connectivity index (χ3v) is 4.63. The van der Waals surface area contributed by atoms with Gasteiger partial charge in [-0.1, -0.05) is 29.8 Å². The number of rotatable bonds is 2. The first-order valence-electron chi connectivity index (χ1n) is 5.57. The number of hydrogen-bond donors (Lipinski definition) is 2. The summed E-state index contributed by atoms with van der Waals surface area (Å²) in [5.74, 6) is 1.05. The lowest BCUT2D eigenvalue weighted by atomic mass is 10.1. The predicted octanol–water partition coefficient (Wildman–Crippen LogP) is 2.56. The molecule has 90 valence electrons. The van der Waals surface area contributed by atoms with Gasteiger partial charge in [0.15, 0.2) is 0 Å². The van der Waals surface area contributed by atoms with Gasteiger partial charge in [-0.25, -0.2) is 0 Å². The standard InChI is InChI=1S/C12H19NO2S/c1-11-3-2-4-12(9-11)10-13-5-7-16(14,15)8-6-13/h2-4,9,14-15H,5-8,10H2,1H3.